The molecule has 0 amide bonds. The number of benzene rings is 1. The number of hydrogen-bond acceptors (Lipinski definition) is 1. The fourth-order valence-corrected chi connectivity index (χ4v) is 6.17. The molecule has 0 spiro atoms. The molecule has 0 aromatic heterocycles. The molecule has 0 radical (unpaired) electrons. The molecule has 0 heterocycles. The fraction of sp³-hybridized carbons (Fsp3) is 0.588. The largest absolute Gasteiger partial charge is 0.198 e. The molecule has 1 aromatic rings. The second kappa shape index (κ2) is 2.82. The van der Waals surface area contributed by atoms with Crippen molar-refractivity contribution >= 4 is 0 Å². The highest BCUT2D eigenvalue weighted by Crippen LogP contribution is 2.94. The molecule has 1 nitrogen and oxygen atoms in total. The molecular formula is C17H19N. The first-order chi connectivity index (χ1) is 8.64. The van der Waals surface area contributed by atoms with Crippen molar-refractivity contribution in [1.29, 1.82) is 5.26 Å². The summed E-state index contributed by atoms with van der Waals surface area (Å²) in [6, 6.07) is 13.6. The Bertz CT molecular complexity index is 553. The summed E-state index contributed by atoms with van der Waals surface area (Å²) in [4.78, 5) is 0. The molecule has 92 valence electrons. The van der Waals surface area contributed by atoms with Gasteiger partial charge in [0, 0.05) is 5.41 Å². The van der Waals surface area contributed by atoms with E-state index in [1.165, 1.54) is 24.8 Å². The topological polar surface area (TPSA) is 23.8 Å². The van der Waals surface area contributed by atoms with Crippen LogP contribution in [0.15, 0.2) is 30.3 Å². The van der Waals surface area contributed by atoms with Crippen molar-refractivity contribution in [3.8, 4) is 6.07 Å². The third-order valence-electron chi connectivity index (χ3n) is 6.57. The summed E-state index contributed by atoms with van der Waals surface area (Å²) < 4.78 is 0. The summed E-state index contributed by atoms with van der Waals surface area (Å²) in [6.07, 6.45) is 3.92. The van der Waals surface area contributed by atoms with Gasteiger partial charge in [-0.1, -0.05) is 50.6 Å². The summed E-state index contributed by atoms with van der Waals surface area (Å²) in [6.45, 7) is 4.64. The van der Waals surface area contributed by atoms with Crippen molar-refractivity contribution < 1.29 is 0 Å². The Hall–Kier alpha value is -1.29. The molecule has 1 heteroatoms. The summed E-state index contributed by atoms with van der Waals surface area (Å²) >= 11 is 0. The molecule has 3 fully saturated rings. The lowest BCUT2D eigenvalue weighted by atomic mass is 9.56. The van der Waals surface area contributed by atoms with Gasteiger partial charge in [0.25, 0.3) is 0 Å². The quantitative estimate of drug-likeness (QED) is 0.726. The van der Waals surface area contributed by atoms with E-state index in [-0.39, 0.29) is 16.2 Å². The van der Waals surface area contributed by atoms with E-state index in [1.54, 1.807) is 0 Å². The Morgan fingerprint density at radius 2 is 1.78 bits per heavy atom. The molecule has 0 aliphatic heterocycles. The Kier molecular flexibility index (Phi) is 1.66. The van der Waals surface area contributed by atoms with E-state index in [2.05, 4.69) is 50.2 Å². The lowest BCUT2D eigenvalue weighted by Crippen LogP contribution is -2.45. The van der Waals surface area contributed by atoms with Crippen molar-refractivity contribution in [2.24, 2.45) is 22.7 Å². The minimum absolute atomic E-state index is 0.0669. The van der Waals surface area contributed by atoms with Gasteiger partial charge in [0.05, 0.1) is 11.5 Å². The van der Waals surface area contributed by atoms with Crippen LogP contribution < -0.4 is 0 Å². The van der Waals surface area contributed by atoms with Crippen molar-refractivity contribution in [3.05, 3.63) is 35.9 Å². The van der Waals surface area contributed by atoms with E-state index in [0.717, 1.165) is 5.92 Å². The van der Waals surface area contributed by atoms with Crippen LogP contribution in [-0.2, 0) is 5.41 Å². The molecule has 0 saturated heterocycles. The predicted molar refractivity (Wildman–Crippen MR) is 70.8 cm³/mol. The van der Waals surface area contributed by atoms with Crippen LogP contribution in [0.3, 0.4) is 0 Å². The molecule has 3 aliphatic carbocycles. The van der Waals surface area contributed by atoms with E-state index in [4.69, 9.17) is 0 Å². The number of rotatable bonds is 1. The van der Waals surface area contributed by atoms with Gasteiger partial charge in [0.15, 0.2) is 0 Å². The first kappa shape index (κ1) is 10.6. The normalized spacial score (nSPS) is 46.5. The van der Waals surface area contributed by atoms with Gasteiger partial charge in [0.1, 0.15) is 0 Å². The van der Waals surface area contributed by atoms with Gasteiger partial charge in [-0.2, -0.15) is 5.26 Å². The highest BCUT2D eigenvalue weighted by molar-refractivity contribution is 5.59. The van der Waals surface area contributed by atoms with Crippen LogP contribution in [0.1, 0.15) is 38.7 Å². The lowest BCUT2D eigenvalue weighted by Gasteiger charge is -2.44. The Labute approximate surface area is 109 Å². The zero-order chi connectivity index (χ0) is 12.6. The van der Waals surface area contributed by atoms with Crippen LogP contribution in [0.4, 0.5) is 0 Å². The monoisotopic (exact) mass is 237 g/mol. The molecule has 18 heavy (non-hydrogen) atoms. The third kappa shape index (κ3) is 0.703. The van der Waals surface area contributed by atoms with Gasteiger partial charge >= 0.3 is 0 Å². The van der Waals surface area contributed by atoms with Gasteiger partial charge in [-0.05, 0) is 35.7 Å². The van der Waals surface area contributed by atoms with Crippen LogP contribution in [0.5, 0.6) is 0 Å². The molecule has 0 N–H and O–H groups in total. The van der Waals surface area contributed by atoms with Crippen molar-refractivity contribution in [2.75, 3.05) is 0 Å². The minimum Gasteiger partial charge on any atom is -0.198 e. The molecule has 3 saturated carbocycles. The predicted octanol–water partition coefficient (Wildman–Crippen LogP) is 3.90. The molecule has 0 bridgehead atoms. The Morgan fingerprint density at radius 3 is 2.44 bits per heavy atom. The number of nitriles is 1. The van der Waals surface area contributed by atoms with Gasteiger partial charge < -0.3 is 0 Å². The summed E-state index contributed by atoms with van der Waals surface area (Å²) in [5.41, 5.74) is 1.67. The lowest BCUT2D eigenvalue weighted by molar-refractivity contribution is 0.103. The van der Waals surface area contributed by atoms with E-state index >= 15 is 0 Å². The first-order valence-electron chi connectivity index (χ1n) is 7.11. The van der Waals surface area contributed by atoms with E-state index in [9.17, 15) is 5.26 Å². The van der Waals surface area contributed by atoms with Crippen LogP contribution in [0.2, 0.25) is 0 Å². The summed E-state index contributed by atoms with van der Waals surface area (Å²) in [5.74, 6) is 1.42. The second-order valence-electron chi connectivity index (χ2n) is 6.86. The van der Waals surface area contributed by atoms with E-state index < -0.39 is 0 Å². The minimum atomic E-state index is -0.0669. The van der Waals surface area contributed by atoms with Crippen molar-refractivity contribution in [1.82, 2.24) is 0 Å². The van der Waals surface area contributed by atoms with Crippen LogP contribution in [-0.4, -0.2) is 0 Å². The smallest absolute Gasteiger partial charge is 0.0769 e. The standard InChI is InChI=1S/C17H19N/c1-15(2)16(11-18)13-9-6-10-14(13)17(15,16)12-7-4-3-5-8-12/h3-5,7-8,13-14H,6,9-10H2,1-2H3/t13-,14+,16-,17+/m1/s1. The molecule has 1 aromatic carbocycles. The fourth-order valence-electron chi connectivity index (χ4n) is 6.17. The molecule has 0 unspecified atom stereocenters. The van der Waals surface area contributed by atoms with Crippen LogP contribution >= 0.6 is 0 Å². The molecule has 3 aliphatic rings. The van der Waals surface area contributed by atoms with Gasteiger partial charge in [0.2, 0.25) is 0 Å². The second-order valence-corrected chi connectivity index (χ2v) is 6.86. The summed E-state index contributed by atoms with van der Waals surface area (Å²) in [5, 5.41) is 9.85. The third-order valence-corrected chi connectivity index (χ3v) is 6.57. The zero-order valence-corrected chi connectivity index (χ0v) is 11.1. The van der Waals surface area contributed by atoms with Crippen LogP contribution in [0, 0.1) is 34.0 Å². The van der Waals surface area contributed by atoms with Crippen LogP contribution in [0.25, 0.3) is 0 Å². The average Bonchev–Trinajstić information content (AvgIpc) is 2.66. The Morgan fingerprint density at radius 1 is 1.11 bits per heavy atom. The summed E-state index contributed by atoms with van der Waals surface area (Å²) in [7, 11) is 0. The Balaban J connectivity index is 1.93. The zero-order valence-electron chi connectivity index (χ0n) is 11.1. The molecule has 4 atom stereocenters. The number of hydrogen-bond donors (Lipinski definition) is 0. The van der Waals surface area contributed by atoms with Crippen molar-refractivity contribution in [3.63, 3.8) is 0 Å². The molecule has 4 rings (SSSR count). The maximum Gasteiger partial charge on any atom is 0.0769 e. The van der Waals surface area contributed by atoms with E-state index in [1.807, 2.05) is 0 Å². The highest BCUT2D eigenvalue weighted by atomic mass is 15.0. The van der Waals surface area contributed by atoms with Gasteiger partial charge in [-0.3, -0.25) is 0 Å². The van der Waals surface area contributed by atoms with Gasteiger partial charge in [-0.25, -0.2) is 0 Å². The number of nitrogens with zero attached hydrogens (tertiary/aromatic N) is 1. The molecular weight excluding hydrogens is 218 g/mol. The first-order valence-corrected chi connectivity index (χ1v) is 7.11. The van der Waals surface area contributed by atoms with Gasteiger partial charge in [-0.15, -0.1) is 0 Å². The SMILES string of the molecule is CC1(C)[C@]2(c3ccccc3)[C@H]3CCC[C@H]3[C@]12C#N. The average molecular weight is 237 g/mol. The van der Waals surface area contributed by atoms with Crippen molar-refractivity contribution in [2.45, 2.75) is 38.5 Å². The maximum absolute atomic E-state index is 9.85. The number of fused-ring (bicyclic) bond motifs is 4. The van der Waals surface area contributed by atoms with E-state index in [0.29, 0.717) is 5.92 Å². The highest BCUT2D eigenvalue weighted by Gasteiger charge is 2.96. The maximum atomic E-state index is 9.85.